The van der Waals surface area contributed by atoms with Gasteiger partial charge in [-0.25, -0.2) is 4.39 Å². The van der Waals surface area contributed by atoms with Crippen LogP contribution in [0.3, 0.4) is 0 Å². The zero-order valence-electron chi connectivity index (χ0n) is 10.3. The Morgan fingerprint density at radius 1 is 1.44 bits per heavy atom. The van der Waals surface area contributed by atoms with Crippen molar-refractivity contribution in [3.8, 4) is 5.75 Å². The van der Waals surface area contributed by atoms with Crippen LogP contribution < -0.4 is 10.1 Å². The van der Waals surface area contributed by atoms with Gasteiger partial charge >= 0.3 is 0 Å². The molecular weight excluding hydrogens is 240 g/mol. The van der Waals surface area contributed by atoms with E-state index in [1.165, 1.54) is 12.1 Å². The maximum absolute atomic E-state index is 13.5. The van der Waals surface area contributed by atoms with Gasteiger partial charge in [0.1, 0.15) is 6.10 Å². The lowest BCUT2D eigenvalue weighted by Crippen LogP contribution is -2.49. The summed E-state index contributed by atoms with van der Waals surface area (Å²) < 4.78 is 37.4. The van der Waals surface area contributed by atoms with E-state index in [1.54, 1.807) is 0 Å². The summed E-state index contributed by atoms with van der Waals surface area (Å²) in [5.74, 6) is -1.91. The molecule has 1 aromatic rings. The van der Waals surface area contributed by atoms with Gasteiger partial charge in [-0.15, -0.1) is 0 Å². The summed E-state index contributed by atoms with van der Waals surface area (Å²) in [5, 5.41) is 3.27. The fourth-order valence-electron chi connectivity index (χ4n) is 2.06. The van der Waals surface area contributed by atoms with Crippen molar-refractivity contribution in [3.05, 3.63) is 29.8 Å². The van der Waals surface area contributed by atoms with Crippen molar-refractivity contribution in [1.82, 2.24) is 5.32 Å². The van der Waals surface area contributed by atoms with E-state index in [0.29, 0.717) is 13.2 Å². The lowest BCUT2D eigenvalue weighted by Gasteiger charge is -2.32. The number of nitrogens with one attached hydrogen (secondary N) is 1. The van der Waals surface area contributed by atoms with Gasteiger partial charge in [0, 0.05) is 12.6 Å². The first-order valence-electron chi connectivity index (χ1n) is 6.14. The Labute approximate surface area is 105 Å². The number of ether oxygens (including phenoxy) is 2. The fourth-order valence-corrected chi connectivity index (χ4v) is 2.06. The van der Waals surface area contributed by atoms with Crippen LogP contribution in [0.15, 0.2) is 18.2 Å². The third-order valence-electron chi connectivity index (χ3n) is 2.96. The lowest BCUT2D eigenvalue weighted by atomic mass is 10.1. The van der Waals surface area contributed by atoms with E-state index in [0.717, 1.165) is 19.0 Å². The van der Waals surface area contributed by atoms with E-state index < -0.39 is 11.6 Å². The number of rotatable bonds is 4. The molecule has 0 aliphatic carbocycles. The van der Waals surface area contributed by atoms with Crippen molar-refractivity contribution in [2.75, 3.05) is 19.8 Å². The van der Waals surface area contributed by atoms with E-state index in [2.05, 4.69) is 5.32 Å². The molecule has 3 nitrogen and oxygen atoms in total. The highest BCUT2D eigenvalue weighted by Crippen LogP contribution is 2.23. The molecular formula is C13H17F2NO2. The average molecular weight is 257 g/mol. The van der Waals surface area contributed by atoms with Gasteiger partial charge in [0.15, 0.2) is 11.6 Å². The standard InChI is InChI=1S/C13H17F2NO2/c1-2-16-10-6-7-17-8-12(10)18-11-5-3-4-9(14)13(11)15/h3-5,10,12,16H,2,6-8H2,1H3. The van der Waals surface area contributed by atoms with Crippen LogP contribution in [-0.4, -0.2) is 31.9 Å². The summed E-state index contributed by atoms with van der Waals surface area (Å²) in [6.07, 6.45) is 0.505. The van der Waals surface area contributed by atoms with E-state index >= 15 is 0 Å². The first-order valence-corrected chi connectivity index (χ1v) is 6.14. The van der Waals surface area contributed by atoms with Crippen LogP contribution >= 0.6 is 0 Å². The lowest BCUT2D eigenvalue weighted by molar-refractivity contribution is -0.0159. The van der Waals surface area contributed by atoms with Gasteiger partial charge in [0.25, 0.3) is 0 Å². The third-order valence-corrected chi connectivity index (χ3v) is 2.96. The van der Waals surface area contributed by atoms with Gasteiger partial charge in [-0.3, -0.25) is 0 Å². The molecule has 100 valence electrons. The van der Waals surface area contributed by atoms with Crippen LogP contribution in [0.5, 0.6) is 5.75 Å². The van der Waals surface area contributed by atoms with Gasteiger partial charge < -0.3 is 14.8 Å². The highest BCUT2D eigenvalue weighted by Gasteiger charge is 2.27. The maximum atomic E-state index is 13.5. The van der Waals surface area contributed by atoms with Crippen LogP contribution in [0.1, 0.15) is 13.3 Å². The largest absolute Gasteiger partial charge is 0.483 e. The second kappa shape index (κ2) is 6.11. The summed E-state index contributed by atoms with van der Waals surface area (Å²) in [5.41, 5.74) is 0. The van der Waals surface area contributed by atoms with Crippen molar-refractivity contribution in [2.45, 2.75) is 25.5 Å². The molecule has 1 aromatic carbocycles. The maximum Gasteiger partial charge on any atom is 0.200 e. The average Bonchev–Trinajstić information content (AvgIpc) is 2.37. The van der Waals surface area contributed by atoms with Crippen molar-refractivity contribution in [1.29, 1.82) is 0 Å². The summed E-state index contributed by atoms with van der Waals surface area (Å²) in [7, 11) is 0. The second-order valence-electron chi connectivity index (χ2n) is 4.24. The minimum Gasteiger partial charge on any atom is -0.483 e. The predicted molar refractivity (Wildman–Crippen MR) is 63.7 cm³/mol. The molecule has 0 saturated carbocycles. The molecule has 0 bridgehead atoms. The molecule has 0 spiro atoms. The zero-order chi connectivity index (χ0) is 13.0. The summed E-state index contributed by atoms with van der Waals surface area (Å²) in [4.78, 5) is 0. The molecule has 2 unspecified atom stereocenters. The molecule has 1 N–H and O–H groups in total. The molecule has 1 aliphatic heterocycles. The first-order chi connectivity index (χ1) is 8.72. The Kier molecular flexibility index (Phi) is 4.49. The number of benzene rings is 1. The highest BCUT2D eigenvalue weighted by molar-refractivity contribution is 5.25. The molecule has 0 aromatic heterocycles. The number of halogens is 2. The predicted octanol–water partition coefficient (Wildman–Crippen LogP) is 2.11. The van der Waals surface area contributed by atoms with E-state index in [-0.39, 0.29) is 17.9 Å². The molecule has 5 heteroatoms. The summed E-state index contributed by atoms with van der Waals surface area (Å²) in [6, 6.07) is 4.03. The van der Waals surface area contributed by atoms with Gasteiger partial charge in [-0.05, 0) is 25.1 Å². The summed E-state index contributed by atoms with van der Waals surface area (Å²) in [6.45, 7) is 3.84. The van der Waals surface area contributed by atoms with Gasteiger partial charge in [-0.1, -0.05) is 13.0 Å². The minimum atomic E-state index is -0.946. The first kappa shape index (κ1) is 13.2. The Balaban J connectivity index is 2.08. The van der Waals surface area contributed by atoms with E-state index in [4.69, 9.17) is 9.47 Å². The Bertz CT molecular complexity index is 399. The smallest absolute Gasteiger partial charge is 0.200 e. The van der Waals surface area contributed by atoms with Crippen LogP contribution in [-0.2, 0) is 4.74 Å². The molecule has 18 heavy (non-hydrogen) atoms. The Morgan fingerprint density at radius 3 is 3.06 bits per heavy atom. The van der Waals surface area contributed by atoms with Gasteiger partial charge in [0.2, 0.25) is 5.82 Å². The fraction of sp³-hybridized carbons (Fsp3) is 0.538. The molecule has 2 atom stereocenters. The normalized spacial score (nSPS) is 23.9. The van der Waals surface area contributed by atoms with Crippen molar-refractivity contribution >= 4 is 0 Å². The van der Waals surface area contributed by atoms with Crippen LogP contribution in [0.25, 0.3) is 0 Å². The second-order valence-corrected chi connectivity index (χ2v) is 4.24. The highest BCUT2D eigenvalue weighted by atomic mass is 19.2. The molecule has 1 aliphatic rings. The number of hydrogen-bond donors (Lipinski definition) is 1. The third kappa shape index (κ3) is 2.97. The minimum absolute atomic E-state index is 0.0617. The van der Waals surface area contributed by atoms with Crippen LogP contribution in [0.2, 0.25) is 0 Å². The topological polar surface area (TPSA) is 30.5 Å². The monoisotopic (exact) mass is 257 g/mol. The molecule has 1 heterocycles. The number of hydrogen-bond acceptors (Lipinski definition) is 3. The molecule has 0 amide bonds. The SMILES string of the molecule is CCNC1CCOCC1Oc1cccc(F)c1F. The van der Waals surface area contributed by atoms with Gasteiger partial charge in [0.05, 0.1) is 6.61 Å². The Hall–Kier alpha value is -1.20. The van der Waals surface area contributed by atoms with Gasteiger partial charge in [-0.2, -0.15) is 4.39 Å². The van der Waals surface area contributed by atoms with Crippen molar-refractivity contribution < 1.29 is 18.3 Å². The van der Waals surface area contributed by atoms with Crippen molar-refractivity contribution in [2.24, 2.45) is 0 Å². The summed E-state index contributed by atoms with van der Waals surface area (Å²) >= 11 is 0. The molecule has 1 saturated heterocycles. The quantitative estimate of drug-likeness (QED) is 0.896. The molecule has 1 fully saturated rings. The molecule has 0 radical (unpaired) electrons. The molecule has 2 rings (SSSR count). The van der Waals surface area contributed by atoms with E-state index in [9.17, 15) is 8.78 Å². The zero-order valence-corrected chi connectivity index (χ0v) is 10.3. The van der Waals surface area contributed by atoms with Crippen LogP contribution in [0.4, 0.5) is 8.78 Å². The Morgan fingerprint density at radius 2 is 2.28 bits per heavy atom. The van der Waals surface area contributed by atoms with Crippen LogP contribution in [0, 0.1) is 11.6 Å². The van der Waals surface area contributed by atoms with Crippen molar-refractivity contribution in [3.63, 3.8) is 0 Å². The van der Waals surface area contributed by atoms with E-state index in [1.807, 2.05) is 6.92 Å². The number of likely N-dealkylation sites (N-methyl/N-ethyl adjacent to an activating group) is 1.